The minimum atomic E-state index is -0.670. The van der Waals surface area contributed by atoms with Crippen molar-refractivity contribution in [2.45, 2.75) is 52.1 Å². The molecule has 100 valence electrons. The Bertz CT molecular complexity index is 238. The van der Waals surface area contributed by atoms with Gasteiger partial charge in [0.1, 0.15) is 12.0 Å². The molecular formula is C13H24O4. The number of Topliss-reactive ketones (excluding diaryl/α,β-unsaturated/α-hetero) is 1. The quantitative estimate of drug-likeness (QED) is 0.461. The zero-order valence-electron chi connectivity index (χ0n) is 11.3. The van der Waals surface area contributed by atoms with Crippen LogP contribution < -0.4 is 0 Å². The molecular weight excluding hydrogens is 220 g/mol. The first-order valence-corrected chi connectivity index (χ1v) is 6.26. The first-order chi connectivity index (χ1) is 8.12. The number of unbranched alkanes of at least 4 members (excludes halogenated alkanes) is 1. The Morgan fingerprint density at radius 2 is 1.71 bits per heavy atom. The molecule has 2 atom stereocenters. The fourth-order valence-corrected chi connectivity index (χ4v) is 1.79. The molecule has 0 amide bonds. The third-order valence-electron chi connectivity index (χ3n) is 2.83. The summed E-state index contributed by atoms with van der Waals surface area (Å²) in [5.41, 5.74) is 0. The van der Waals surface area contributed by atoms with E-state index in [1.54, 1.807) is 0 Å². The molecule has 0 radical (unpaired) electrons. The van der Waals surface area contributed by atoms with Crippen LogP contribution in [0.1, 0.15) is 46.0 Å². The van der Waals surface area contributed by atoms with Gasteiger partial charge in [-0.3, -0.25) is 9.59 Å². The maximum atomic E-state index is 12.1. The van der Waals surface area contributed by atoms with Crippen LogP contribution in [0.5, 0.6) is 0 Å². The van der Waals surface area contributed by atoms with Gasteiger partial charge in [-0.15, -0.1) is 0 Å². The first-order valence-electron chi connectivity index (χ1n) is 6.26. The fraction of sp³-hybridized carbons (Fsp3) is 0.846. The lowest BCUT2D eigenvalue weighted by Gasteiger charge is -2.19. The van der Waals surface area contributed by atoms with Gasteiger partial charge >= 0.3 is 5.97 Å². The fourth-order valence-electron chi connectivity index (χ4n) is 1.79. The Kier molecular flexibility index (Phi) is 8.68. The molecule has 4 nitrogen and oxygen atoms in total. The minimum absolute atomic E-state index is 0.144. The van der Waals surface area contributed by atoms with Crippen molar-refractivity contribution in [1.29, 1.82) is 0 Å². The summed E-state index contributed by atoms with van der Waals surface area (Å²) in [6.07, 6.45) is 3.35. The molecule has 0 aromatic heterocycles. The van der Waals surface area contributed by atoms with Gasteiger partial charge in [0.15, 0.2) is 5.78 Å². The predicted molar refractivity (Wildman–Crippen MR) is 65.7 cm³/mol. The van der Waals surface area contributed by atoms with Gasteiger partial charge in [0.05, 0.1) is 7.11 Å². The molecule has 0 heterocycles. The van der Waals surface area contributed by atoms with Gasteiger partial charge in [0.25, 0.3) is 0 Å². The third-order valence-corrected chi connectivity index (χ3v) is 2.83. The summed E-state index contributed by atoms with van der Waals surface area (Å²) >= 11 is 0. The van der Waals surface area contributed by atoms with Gasteiger partial charge in [-0.2, -0.15) is 0 Å². The van der Waals surface area contributed by atoms with E-state index in [2.05, 4.69) is 4.74 Å². The number of ether oxygens (including phenoxy) is 2. The van der Waals surface area contributed by atoms with Crippen LogP contribution in [0.25, 0.3) is 0 Å². The number of rotatable bonds is 9. The highest BCUT2D eigenvalue weighted by Crippen LogP contribution is 2.17. The van der Waals surface area contributed by atoms with Crippen molar-refractivity contribution < 1.29 is 19.1 Å². The van der Waals surface area contributed by atoms with E-state index in [9.17, 15) is 9.59 Å². The van der Waals surface area contributed by atoms with Gasteiger partial charge in [0, 0.05) is 7.11 Å². The van der Waals surface area contributed by atoms with Crippen molar-refractivity contribution in [2.24, 2.45) is 5.92 Å². The van der Waals surface area contributed by atoms with Gasteiger partial charge < -0.3 is 9.47 Å². The van der Waals surface area contributed by atoms with Crippen LogP contribution in [0.4, 0.5) is 0 Å². The van der Waals surface area contributed by atoms with E-state index < -0.39 is 18.0 Å². The molecule has 0 aliphatic carbocycles. The second kappa shape index (κ2) is 9.16. The zero-order valence-corrected chi connectivity index (χ0v) is 11.3. The van der Waals surface area contributed by atoms with E-state index in [0.29, 0.717) is 12.8 Å². The molecule has 0 aromatic carbocycles. The average molecular weight is 244 g/mol. The van der Waals surface area contributed by atoms with Crippen LogP contribution in [0, 0.1) is 5.92 Å². The maximum absolute atomic E-state index is 12.1. The summed E-state index contributed by atoms with van der Waals surface area (Å²) < 4.78 is 9.84. The molecule has 0 rings (SSSR count). The molecule has 0 saturated carbocycles. The number of ketones is 1. The third kappa shape index (κ3) is 5.31. The second-order valence-electron chi connectivity index (χ2n) is 4.13. The Morgan fingerprint density at radius 3 is 2.12 bits per heavy atom. The summed E-state index contributed by atoms with van der Waals surface area (Å²) in [5.74, 6) is -1.26. The van der Waals surface area contributed by atoms with Crippen LogP contribution in [-0.2, 0) is 19.1 Å². The van der Waals surface area contributed by atoms with Gasteiger partial charge in [-0.1, -0.05) is 33.1 Å². The predicted octanol–water partition coefficient (Wildman–Crippen LogP) is 2.35. The minimum Gasteiger partial charge on any atom is -0.468 e. The lowest BCUT2D eigenvalue weighted by Crippen LogP contribution is -2.35. The van der Waals surface area contributed by atoms with Gasteiger partial charge in [-0.25, -0.2) is 0 Å². The average Bonchev–Trinajstić information content (AvgIpc) is 2.35. The summed E-state index contributed by atoms with van der Waals surface area (Å²) in [6.45, 7) is 4.01. The molecule has 0 fully saturated rings. The van der Waals surface area contributed by atoms with E-state index >= 15 is 0 Å². The van der Waals surface area contributed by atoms with Crippen molar-refractivity contribution in [3.05, 3.63) is 0 Å². The molecule has 0 spiro atoms. The monoisotopic (exact) mass is 244 g/mol. The molecule has 4 heteroatoms. The molecule has 2 unspecified atom stereocenters. The summed E-state index contributed by atoms with van der Waals surface area (Å²) in [5, 5.41) is 0. The molecule has 17 heavy (non-hydrogen) atoms. The Labute approximate surface area is 104 Å². The largest absolute Gasteiger partial charge is 0.468 e. The standard InChI is InChI=1S/C13H24O4/c1-5-7-9-10(13(15)17-4)12(14)11(16-3)8-6-2/h10-11H,5-9H2,1-4H3. The number of hydrogen-bond donors (Lipinski definition) is 0. The SMILES string of the molecule is CCCCC(C(=O)OC)C(=O)C(CCC)OC. The van der Waals surface area contributed by atoms with E-state index in [0.717, 1.165) is 19.3 Å². The molecule has 0 saturated heterocycles. The van der Waals surface area contributed by atoms with E-state index in [1.807, 2.05) is 13.8 Å². The van der Waals surface area contributed by atoms with Crippen molar-refractivity contribution in [2.75, 3.05) is 14.2 Å². The van der Waals surface area contributed by atoms with Crippen molar-refractivity contribution in [3.63, 3.8) is 0 Å². The normalized spacial score (nSPS) is 14.1. The molecule has 0 N–H and O–H groups in total. The topological polar surface area (TPSA) is 52.6 Å². The number of hydrogen-bond acceptors (Lipinski definition) is 4. The highest BCUT2D eigenvalue weighted by molar-refractivity contribution is 6.01. The summed E-state index contributed by atoms with van der Waals surface area (Å²) in [6, 6.07) is 0. The number of esters is 1. The van der Waals surface area contributed by atoms with Crippen molar-refractivity contribution >= 4 is 11.8 Å². The molecule has 0 aliphatic heterocycles. The zero-order chi connectivity index (χ0) is 13.3. The first kappa shape index (κ1) is 16.1. The Hall–Kier alpha value is -0.900. The Morgan fingerprint density at radius 1 is 1.06 bits per heavy atom. The molecule has 0 aliphatic rings. The number of methoxy groups -OCH3 is 2. The van der Waals surface area contributed by atoms with Crippen LogP contribution in [-0.4, -0.2) is 32.1 Å². The highest BCUT2D eigenvalue weighted by atomic mass is 16.5. The lowest BCUT2D eigenvalue weighted by atomic mass is 9.92. The van der Waals surface area contributed by atoms with E-state index in [1.165, 1.54) is 14.2 Å². The van der Waals surface area contributed by atoms with Gasteiger partial charge in [-0.05, 0) is 12.8 Å². The molecule has 0 bridgehead atoms. The lowest BCUT2D eigenvalue weighted by molar-refractivity contribution is -0.153. The van der Waals surface area contributed by atoms with Crippen molar-refractivity contribution in [3.8, 4) is 0 Å². The highest BCUT2D eigenvalue weighted by Gasteiger charge is 2.32. The second-order valence-corrected chi connectivity index (χ2v) is 4.13. The van der Waals surface area contributed by atoms with Crippen LogP contribution in [0.3, 0.4) is 0 Å². The van der Waals surface area contributed by atoms with Crippen LogP contribution >= 0.6 is 0 Å². The number of carbonyl (C=O) groups excluding carboxylic acids is 2. The van der Waals surface area contributed by atoms with Crippen LogP contribution in [0.15, 0.2) is 0 Å². The maximum Gasteiger partial charge on any atom is 0.316 e. The van der Waals surface area contributed by atoms with Gasteiger partial charge in [0.2, 0.25) is 0 Å². The smallest absolute Gasteiger partial charge is 0.316 e. The molecule has 0 aromatic rings. The van der Waals surface area contributed by atoms with E-state index in [4.69, 9.17) is 4.74 Å². The summed E-state index contributed by atoms with van der Waals surface area (Å²) in [7, 11) is 2.82. The van der Waals surface area contributed by atoms with Crippen LogP contribution in [0.2, 0.25) is 0 Å². The van der Waals surface area contributed by atoms with Crippen molar-refractivity contribution in [1.82, 2.24) is 0 Å². The Balaban J connectivity index is 4.64. The summed E-state index contributed by atoms with van der Waals surface area (Å²) in [4.78, 5) is 23.7. The van der Waals surface area contributed by atoms with E-state index in [-0.39, 0.29) is 5.78 Å². The number of carbonyl (C=O) groups is 2.